The first-order chi connectivity index (χ1) is 20.8. The number of nitrogens with zero attached hydrogens (tertiary/aromatic N) is 8. The zero-order valence-corrected chi connectivity index (χ0v) is 23.4. The van der Waals surface area contributed by atoms with Crippen LogP contribution in [0.2, 0.25) is 0 Å². The predicted octanol–water partition coefficient (Wildman–Crippen LogP) is 4.20. The summed E-state index contributed by atoms with van der Waals surface area (Å²) in [5.74, 6) is -1.23. The highest BCUT2D eigenvalue weighted by atomic mass is 19.4. The number of rotatable bonds is 9. The van der Waals surface area contributed by atoms with Gasteiger partial charge in [-0.1, -0.05) is 6.42 Å². The van der Waals surface area contributed by atoms with Crippen LogP contribution < -0.4 is 10.1 Å². The summed E-state index contributed by atoms with van der Waals surface area (Å²) in [6.45, 7) is 1.38. The van der Waals surface area contributed by atoms with Crippen molar-refractivity contribution < 1.29 is 17.9 Å². The molecule has 1 saturated heterocycles. The number of fused-ring (bicyclic) bond motifs is 1. The largest absolute Gasteiger partial charge is 0.473 e. The predicted molar refractivity (Wildman–Crippen MR) is 148 cm³/mol. The summed E-state index contributed by atoms with van der Waals surface area (Å²) in [6.07, 6.45) is 7.77. The maximum Gasteiger partial charge on any atom is 0.451 e. The van der Waals surface area contributed by atoms with Crippen LogP contribution in [0.1, 0.15) is 56.5 Å². The summed E-state index contributed by atoms with van der Waals surface area (Å²) in [7, 11) is 0. The molecule has 0 amide bonds. The lowest BCUT2D eigenvalue weighted by atomic mass is 9.81. The highest BCUT2D eigenvalue weighted by Gasteiger charge is 2.50. The number of aromatic nitrogens is 7. The molecule has 43 heavy (non-hydrogen) atoms. The maximum absolute atomic E-state index is 13.6. The number of halogens is 3. The molecule has 4 aromatic rings. The Labute approximate surface area is 245 Å². The molecule has 1 aliphatic heterocycles. The average molecular weight is 593 g/mol. The van der Waals surface area contributed by atoms with Crippen LogP contribution in [0.3, 0.4) is 0 Å². The smallest absolute Gasteiger partial charge is 0.451 e. The Morgan fingerprint density at radius 3 is 2.77 bits per heavy atom. The van der Waals surface area contributed by atoms with E-state index in [1.807, 2.05) is 23.1 Å². The normalized spacial score (nSPS) is 22.3. The molecule has 0 bridgehead atoms. The maximum atomic E-state index is 13.6. The van der Waals surface area contributed by atoms with Gasteiger partial charge in [-0.05, 0) is 38.2 Å². The van der Waals surface area contributed by atoms with Crippen molar-refractivity contribution >= 4 is 11.0 Å². The number of alkyl halides is 3. The number of aromatic amines is 1. The minimum atomic E-state index is -4.67. The second-order valence-corrected chi connectivity index (χ2v) is 11.8. The van der Waals surface area contributed by atoms with Gasteiger partial charge in [0.2, 0.25) is 11.7 Å². The highest BCUT2D eigenvalue weighted by molar-refractivity contribution is 5.90. The fourth-order valence-electron chi connectivity index (χ4n) is 6.31. The molecule has 2 aliphatic carbocycles. The Bertz CT molecular complexity index is 1650. The Hall–Kier alpha value is -4.09. The van der Waals surface area contributed by atoms with E-state index in [9.17, 15) is 18.4 Å². The van der Waals surface area contributed by atoms with Gasteiger partial charge in [0.25, 0.3) is 0 Å². The molecule has 7 rings (SSSR count). The van der Waals surface area contributed by atoms with E-state index in [0.29, 0.717) is 25.6 Å². The van der Waals surface area contributed by atoms with Gasteiger partial charge in [0.05, 0.1) is 30.1 Å². The Morgan fingerprint density at radius 2 is 1.98 bits per heavy atom. The number of nitriles is 1. The molecule has 4 aromatic heterocycles. The van der Waals surface area contributed by atoms with Crippen molar-refractivity contribution in [2.75, 3.05) is 13.1 Å². The molecule has 14 heteroatoms. The third kappa shape index (κ3) is 5.54. The van der Waals surface area contributed by atoms with Crippen LogP contribution in [-0.4, -0.2) is 70.9 Å². The van der Waals surface area contributed by atoms with Gasteiger partial charge in [0.15, 0.2) is 0 Å². The van der Waals surface area contributed by atoms with Crippen LogP contribution in [0.25, 0.3) is 22.3 Å². The van der Waals surface area contributed by atoms with Gasteiger partial charge >= 0.3 is 6.18 Å². The fourth-order valence-corrected chi connectivity index (χ4v) is 6.31. The Kier molecular flexibility index (Phi) is 7.01. The second-order valence-electron chi connectivity index (χ2n) is 11.8. The molecule has 224 valence electrons. The van der Waals surface area contributed by atoms with Crippen LogP contribution >= 0.6 is 0 Å². The summed E-state index contributed by atoms with van der Waals surface area (Å²) in [5, 5.41) is 18.5. The first kappa shape index (κ1) is 27.7. The van der Waals surface area contributed by atoms with Gasteiger partial charge < -0.3 is 15.0 Å². The van der Waals surface area contributed by atoms with Crippen LogP contribution in [0.5, 0.6) is 5.88 Å². The van der Waals surface area contributed by atoms with Crippen LogP contribution in [0, 0.1) is 11.3 Å². The molecule has 2 N–H and O–H groups in total. The van der Waals surface area contributed by atoms with E-state index in [4.69, 9.17) is 4.74 Å². The third-order valence-corrected chi connectivity index (χ3v) is 8.67. The second kappa shape index (κ2) is 10.9. The monoisotopic (exact) mass is 592 g/mol. The number of nitrogens with one attached hydrogen (secondary N) is 2. The minimum absolute atomic E-state index is 0.0192. The zero-order valence-electron chi connectivity index (χ0n) is 23.4. The van der Waals surface area contributed by atoms with Crippen molar-refractivity contribution in [2.45, 2.75) is 81.4 Å². The molecule has 2 atom stereocenters. The first-order valence-electron chi connectivity index (χ1n) is 14.6. The van der Waals surface area contributed by atoms with Gasteiger partial charge in [-0.2, -0.15) is 28.5 Å². The number of ether oxygens (including phenoxy) is 1. The van der Waals surface area contributed by atoms with Gasteiger partial charge in [-0.3, -0.25) is 9.58 Å². The van der Waals surface area contributed by atoms with E-state index in [1.165, 1.54) is 12.4 Å². The van der Waals surface area contributed by atoms with Gasteiger partial charge in [-0.15, -0.1) is 0 Å². The summed E-state index contributed by atoms with van der Waals surface area (Å²) in [6, 6.07) is 6.08. The molecule has 5 heterocycles. The van der Waals surface area contributed by atoms with E-state index >= 15 is 0 Å². The number of likely N-dealkylation sites (tertiary alicyclic amines) is 1. The van der Waals surface area contributed by atoms with Gasteiger partial charge in [-0.25, -0.2) is 15.0 Å². The quantitative estimate of drug-likeness (QED) is 0.293. The molecule has 11 nitrogen and oxygen atoms in total. The fraction of sp³-hybridized carbons (Fsp3) is 0.517. The van der Waals surface area contributed by atoms with Crippen molar-refractivity contribution in [3.05, 3.63) is 48.6 Å². The molecule has 2 unspecified atom stereocenters. The lowest BCUT2D eigenvalue weighted by Gasteiger charge is -2.54. The van der Waals surface area contributed by atoms with Crippen molar-refractivity contribution in [1.29, 1.82) is 5.26 Å². The van der Waals surface area contributed by atoms with Crippen molar-refractivity contribution in [3.63, 3.8) is 0 Å². The van der Waals surface area contributed by atoms with Crippen molar-refractivity contribution in [2.24, 2.45) is 0 Å². The third-order valence-electron chi connectivity index (χ3n) is 8.67. The SMILES string of the molecule is N#CCC1(n2cc(-c3ncnc4[nH]ccc34)cn2)CN(C2CCCCC2Oc2cc(CNC3CC3)nc(C(F)(F)F)n2)C1. The Balaban J connectivity index is 1.09. The number of H-pyrrole nitrogens is 1. The van der Waals surface area contributed by atoms with E-state index in [1.54, 1.807) is 6.20 Å². The van der Waals surface area contributed by atoms with E-state index in [-0.39, 0.29) is 36.7 Å². The summed E-state index contributed by atoms with van der Waals surface area (Å²) < 4.78 is 49.0. The van der Waals surface area contributed by atoms with Crippen molar-refractivity contribution in [1.82, 2.24) is 44.9 Å². The Morgan fingerprint density at radius 1 is 1.14 bits per heavy atom. The molecule has 0 radical (unpaired) electrons. The number of hydrogen-bond acceptors (Lipinski definition) is 9. The zero-order chi connectivity index (χ0) is 29.6. The molecular weight excluding hydrogens is 561 g/mol. The summed E-state index contributed by atoms with van der Waals surface area (Å²) >= 11 is 0. The van der Waals surface area contributed by atoms with Crippen LogP contribution in [0.4, 0.5) is 13.2 Å². The molecule has 0 spiro atoms. The average Bonchev–Trinajstić information content (AvgIpc) is 3.44. The van der Waals surface area contributed by atoms with E-state index < -0.39 is 17.5 Å². The lowest BCUT2D eigenvalue weighted by molar-refractivity contribution is -0.145. The van der Waals surface area contributed by atoms with Crippen LogP contribution in [-0.2, 0) is 18.3 Å². The molecule has 2 saturated carbocycles. The number of hydrogen-bond donors (Lipinski definition) is 2. The molecular formula is C29H31F3N10O. The van der Waals surface area contributed by atoms with Gasteiger partial charge in [0.1, 0.15) is 23.6 Å². The van der Waals surface area contributed by atoms with Crippen molar-refractivity contribution in [3.8, 4) is 23.2 Å². The summed E-state index contributed by atoms with van der Waals surface area (Å²) in [4.78, 5) is 21.6. The molecule has 3 aliphatic rings. The standard InChI is InChI=1S/C29H31F3N10O/c30-29(31,32)27-39-20(13-35-19-5-6-19)11-24(40-27)43-23-4-2-1-3-22(23)41-15-28(16-41,8-9-33)42-14-18(12-38-42)25-21-7-10-34-26(21)37-17-36-25/h7,10-12,14,17,19,22-23,35H,1-6,8,13,15-16H2,(H,34,36,37). The van der Waals surface area contributed by atoms with E-state index in [2.05, 4.69) is 46.3 Å². The lowest BCUT2D eigenvalue weighted by Crippen LogP contribution is -2.67. The first-order valence-corrected chi connectivity index (χ1v) is 14.6. The molecule has 3 fully saturated rings. The van der Waals surface area contributed by atoms with E-state index in [0.717, 1.165) is 54.4 Å². The van der Waals surface area contributed by atoms with Gasteiger partial charge in [0, 0.05) is 61.1 Å². The van der Waals surface area contributed by atoms with Crippen LogP contribution in [0.15, 0.2) is 37.1 Å². The molecule has 0 aromatic carbocycles. The highest BCUT2D eigenvalue weighted by Crippen LogP contribution is 2.39. The topological polar surface area (TPSA) is 133 Å². The summed E-state index contributed by atoms with van der Waals surface area (Å²) in [5.41, 5.74) is 2.07. The minimum Gasteiger partial charge on any atom is -0.473 e.